The standard InChI is InChI=1S/C26H39N5O3/c1-28-8-14-31(15-9-28)23-4-2-21(3-5-23)22-18-25(33)24(26(34)19-22)20-27-6-7-29-10-12-30(13-11-29)16-17-32/h2-5,20,22,32-33H,6-19H2,1H3. The molecule has 0 spiro atoms. The maximum absolute atomic E-state index is 12.8. The number of nitrogens with zero attached hydrogens (tertiary/aromatic N) is 5. The fraction of sp³-hybridized carbons (Fsp3) is 0.615. The molecule has 0 aromatic heterocycles. The van der Waals surface area contributed by atoms with E-state index in [1.807, 2.05) is 0 Å². The number of rotatable bonds is 8. The Morgan fingerprint density at radius 2 is 1.59 bits per heavy atom. The minimum atomic E-state index is -0.0294. The molecule has 1 aromatic carbocycles. The fourth-order valence-electron chi connectivity index (χ4n) is 5.05. The Kier molecular flexibility index (Phi) is 8.72. The lowest BCUT2D eigenvalue weighted by Gasteiger charge is -2.34. The quantitative estimate of drug-likeness (QED) is 0.557. The highest BCUT2D eigenvalue weighted by atomic mass is 16.3. The van der Waals surface area contributed by atoms with Crippen molar-refractivity contribution in [3.05, 3.63) is 41.2 Å². The smallest absolute Gasteiger partial charge is 0.168 e. The number of Topliss-reactive ketones (excluding diaryl/α,β-unsaturated/α-hetero) is 1. The second-order valence-electron chi connectivity index (χ2n) is 9.71. The van der Waals surface area contributed by atoms with Crippen molar-refractivity contribution in [3.63, 3.8) is 0 Å². The van der Waals surface area contributed by atoms with Crippen molar-refractivity contribution < 1.29 is 15.0 Å². The number of aliphatic imine (C=N–C) groups is 1. The predicted octanol–water partition coefficient (Wildman–Crippen LogP) is 1.38. The van der Waals surface area contributed by atoms with Crippen molar-refractivity contribution in [3.8, 4) is 0 Å². The number of carbonyl (C=O) groups is 1. The normalized spacial score (nSPS) is 23.9. The third-order valence-electron chi connectivity index (χ3n) is 7.36. The molecule has 8 heteroatoms. The third-order valence-corrected chi connectivity index (χ3v) is 7.36. The highest BCUT2D eigenvalue weighted by molar-refractivity contribution is 6.14. The van der Waals surface area contributed by atoms with Crippen molar-refractivity contribution in [1.82, 2.24) is 14.7 Å². The molecule has 2 heterocycles. The molecule has 2 N–H and O–H groups in total. The van der Waals surface area contributed by atoms with Crippen LogP contribution in [0.4, 0.5) is 5.69 Å². The summed E-state index contributed by atoms with van der Waals surface area (Å²) >= 11 is 0. The van der Waals surface area contributed by atoms with Gasteiger partial charge in [0.2, 0.25) is 0 Å². The van der Waals surface area contributed by atoms with Gasteiger partial charge in [-0.15, -0.1) is 0 Å². The SMILES string of the molecule is CN1CCN(c2ccc(C3CC(=O)C(C=NCCN4CCN(CCO)CC4)=C(O)C3)cc2)CC1. The minimum Gasteiger partial charge on any atom is -0.511 e. The Balaban J connectivity index is 1.27. The Morgan fingerprint density at radius 3 is 2.21 bits per heavy atom. The first-order valence-electron chi connectivity index (χ1n) is 12.6. The number of carbonyl (C=O) groups excluding carboxylic acids is 1. The van der Waals surface area contributed by atoms with E-state index in [1.165, 1.54) is 5.69 Å². The van der Waals surface area contributed by atoms with Crippen LogP contribution in [0.1, 0.15) is 24.3 Å². The molecule has 2 saturated heterocycles. The number of aliphatic hydroxyl groups is 2. The Morgan fingerprint density at radius 1 is 0.941 bits per heavy atom. The summed E-state index contributed by atoms with van der Waals surface area (Å²) in [5.74, 6) is 0.144. The van der Waals surface area contributed by atoms with Gasteiger partial charge >= 0.3 is 0 Å². The van der Waals surface area contributed by atoms with Crippen LogP contribution in [0, 0.1) is 0 Å². The van der Waals surface area contributed by atoms with Crippen LogP contribution in [0.3, 0.4) is 0 Å². The third kappa shape index (κ3) is 6.44. The number of ketones is 1. The summed E-state index contributed by atoms with van der Waals surface area (Å²) in [7, 11) is 2.15. The van der Waals surface area contributed by atoms with E-state index < -0.39 is 0 Å². The van der Waals surface area contributed by atoms with E-state index in [9.17, 15) is 9.90 Å². The molecule has 2 fully saturated rings. The largest absolute Gasteiger partial charge is 0.511 e. The monoisotopic (exact) mass is 469 g/mol. The maximum Gasteiger partial charge on any atom is 0.168 e. The summed E-state index contributed by atoms with van der Waals surface area (Å²) in [5.41, 5.74) is 2.70. The topological polar surface area (TPSA) is 82.9 Å². The molecule has 8 nitrogen and oxygen atoms in total. The summed E-state index contributed by atoms with van der Waals surface area (Å²) in [5, 5.41) is 19.6. The van der Waals surface area contributed by atoms with Crippen LogP contribution in [-0.4, -0.2) is 123 Å². The molecule has 186 valence electrons. The van der Waals surface area contributed by atoms with Gasteiger partial charge in [0.15, 0.2) is 5.78 Å². The van der Waals surface area contributed by atoms with E-state index in [4.69, 9.17) is 5.11 Å². The lowest BCUT2D eigenvalue weighted by atomic mass is 9.83. The molecular formula is C26H39N5O3. The van der Waals surface area contributed by atoms with Gasteiger partial charge < -0.3 is 20.0 Å². The first-order chi connectivity index (χ1) is 16.5. The van der Waals surface area contributed by atoms with Crippen molar-refractivity contribution in [2.75, 3.05) is 90.5 Å². The zero-order valence-corrected chi connectivity index (χ0v) is 20.4. The van der Waals surface area contributed by atoms with Crippen LogP contribution >= 0.6 is 0 Å². The number of β-amino-alcohol motifs (C(OH)–C–C–N with tert-alkyl or cyclic N) is 1. The van der Waals surface area contributed by atoms with E-state index >= 15 is 0 Å². The molecule has 0 amide bonds. The lowest BCUT2D eigenvalue weighted by Crippen LogP contribution is -2.47. The van der Waals surface area contributed by atoms with Gasteiger partial charge in [-0.2, -0.15) is 0 Å². The number of allylic oxidation sites excluding steroid dienone is 2. The van der Waals surface area contributed by atoms with Crippen molar-refractivity contribution >= 4 is 17.7 Å². The number of aliphatic hydroxyl groups excluding tert-OH is 2. The average Bonchev–Trinajstić information content (AvgIpc) is 2.85. The van der Waals surface area contributed by atoms with Crippen molar-refractivity contribution in [1.29, 1.82) is 0 Å². The van der Waals surface area contributed by atoms with Gasteiger partial charge in [-0.05, 0) is 30.7 Å². The molecule has 4 rings (SSSR count). The number of piperazine rings is 2. The Labute approximate surface area is 203 Å². The van der Waals surface area contributed by atoms with E-state index in [-0.39, 0.29) is 24.1 Å². The number of hydrogen-bond donors (Lipinski definition) is 2. The highest BCUT2D eigenvalue weighted by Crippen LogP contribution is 2.34. The summed E-state index contributed by atoms with van der Waals surface area (Å²) in [6, 6.07) is 8.51. The molecule has 0 saturated carbocycles. The number of hydrogen-bond acceptors (Lipinski definition) is 8. The second kappa shape index (κ2) is 11.9. The lowest BCUT2D eigenvalue weighted by molar-refractivity contribution is -0.116. The molecule has 1 aliphatic carbocycles. The number of anilines is 1. The van der Waals surface area contributed by atoms with Crippen LogP contribution in [0.2, 0.25) is 0 Å². The predicted molar refractivity (Wildman–Crippen MR) is 136 cm³/mol. The number of likely N-dealkylation sites (N-methyl/N-ethyl adjacent to an activating group) is 1. The zero-order valence-electron chi connectivity index (χ0n) is 20.4. The van der Waals surface area contributed by atoms with Gasteiger partial charge in [-0.25, -0.2) is 0 Å². The minimum absolute atomic E-state index is 0.0152. The van der Waals surface area contributed by atoms with E-state index in [1.54, 1.807) is 6.21 Å². The second-order valence-corrected chi connectivity index (χ2v) is 9.71. The molecule has 3 aliphatic rings. The average molecular weight is 470 g/mol. The van der Waals surface area contributed by atoms with Gasteiger partial charge in [0.25, 0.3) is 0 Å². The molecular weight excluding hydrogens is 430 g/mol. The molecule has 2 aliphatic heterocycles. The van der Waals surface area contributed by atoms with Crippen LogP contribution in [-0.2, 0) is 4.79 Å². The van der Waals surface area contributed by atoms with Gasteiger partial charge in [0.05, 0.1) is 18.7 Å². The van der Waals surface area contributed by atoms with Crippen LogP contribution in [0.15, 0.2) is 40.6 Å². The van der Waals surface area contributed by atoms with Gasteiger partial charge in [0.1, 0.15) is 5.76 Å². The fourth-order valence-corrected chi connectivity index (χ4v) is 5.05. The summed E-state index contributed by atoms with van der Waals surface area (Å²) in [6.07, 6.45) is 2.46. The molecule has 34 heavy (non-hydrogen) atoms. The first-order valence-corrected chi connectivity index (χ1v) is 12.6. The van der Waals surface area contributed by atoms with E-state index in [0.29, 0.717) is 25.0 Å². The number of benzene rings is 1. The first kappa shape index (κ1) is 24.9. The van der Waals surface area contributed by atoms with Crippen LogP contribution in [0.5, 0.6) is 0 Å². The van der Waals surface area contributed by atoms with E-state index in [0.717, 1.165) is 71.0 Å². The van der Waals surface area contributed by atoms with Crippen LogP contribution in [0.25, 0.3) is 0 Å². The van der Waals surface area contributed by atoms with E-state index in [2.05, 4.69) is 55.9 Å². The van der Waals surface area contributed by atoms with Crippen molar-refractivity contribution in [2.24, 2.45) is 4.99 Å². The Hall–Kier alpha value is -2.26. The maximum atomic E-state index is 12.8. The van der Waals surface area contributed by atoms with Crippen LogP contribution < -0.4 is 4.90 Å². The van der Waals surface area contributed by atoms with Gasteiger partial charge in [-0.1, -0.05) is 12.1 Å². The summed E-state index contributed by atoms with van der Waals surface area (Å²) < 4.78 is 0. The highest BCUT2D eigenvalue weighted by Gasteiger charge is 2.28. The molecule has 1 atom stereocenters. The van der Waals surface area contributed by atoms with Gasteiger partial charge in [0, 0.05) is 90.2 Å². The zero-order chi connectivity index (χ0) is 23.9. The molecule has 1 unspecified atom stereocenters. The van der Waals surface area contributed by atoms with Gasteiger partial charge in [-0.3, -0.25) is 19.6 Å². The molecule has 1 aromatic rings. The Bertz CT molecular complexity index is 869. The molecule has 0 radical (unpaired) electrons. The molecule has 0 bridgehead atoms. The summed E-state index contributed by atoms with van der Waals surface area (Å²) in [4.78, 5) is 26.6. The van der Waals surface area contributed by atoms with Crippen molar-refractivity contribution in [2.45, 2.75) is 18.8 Å². The summed E-state index contributed by atoms with van der Waals surface area (Å²) in [6.45, 7) is 10.5.